The molecule has 0 radical (unpaired) electrons. The van der Waals surface area contributed by atoms with Gasteiger partial charge < -0.3 is 9.25 Å². The van der Waals surface area contributed by atoms with Crippen molar-refractivity contribution in [3.8, 4) is 0 Å². The van der Waals surface area contributed by atoms with Crippen LogP contribution < -0.4 is 0 Å². The first-order chi connectivity index (χ1) is 5.97. The quantitative estimate of drug-likeness (QED) is 0.593. The molecule has 72 valence electrons. The summed E-state index contributed by atoms with van der Waals surface area (Å²) in [5.41, 5.74) is -0.264. The molecule has 4 heteroatoms. The molecule has 1 aromatic heterocycles. The molecule has 0 aliphatic heterocycles. The summed E-state index contributed by atoms with van der Waals surface area (Å²) in [4.78, 5) is 5.14. The van der Waals surface area contributed by atoms with Gasteiger partial charge in [0.1, 0.15) is 23.8 Å². The molecule has 0 aliphatic rings. The zero-order valence-corrected chi connectivity index (χ0v) is 9.46. The van der Waals surface area contributed by atoms with E-state index >= 15 is 0 Å². The van der Waals surface area contributed by atoms with Gasteiger partial charge in [-0.3, -0.25) is 0 Å². The highest BCUT2D eigenvalue weighted by molar-refractivity contribution is 9.10. The molecule has 13 heavy (non-hydrogen) atoms. The van der Waals surface area contributed by atoms with Gasteiger partial charge in [0, 0.05) is 0 Å². The van der Waals surface area contributed by atoms with Crippen molar-refractivity contribution in [1.82, 2.24) is 0 Å². The van der Waals surface area contributed by atoms with Crippen molar-refractivity contribution in [3.63, 3.8) is 0 Å². The first kappa shape index (κ1) is 10.3. The number of hydrogen-bond donors (Lipinski definition) is 0. The summed E-state index contributed by atoms with van der Waals surface area (Å²) >= 11 is 3.27. The Morgan fingerprint density at radius 2 is 2.23 bits per heavy atom. The fourth-order valence-corrected chi connectivity index (χ4v) is 0.951. The molecule has 0 spiro atoms. The van der Waals surface area contributed by atoms with Gasteiger partial charge in [-0.2, -0.15) is 0 Å². The van der Waals surface area contributed by atoms with Crippen LogP contribution in [0.2, 0.25) is 0 Å². The first-order valence-corrected chi connectivity index (χ1v) is 4.72. The van der Waals surface area contributed by atoms with Crippen LogP contribution in [0.4, 0.5) is 0 Å². The highest BCUT2D eigenvalue weighted by Crippen LogP contribution is 2.13. The van der Waals surface area contributed by atoms with Gasteiger partial charge in [0.25, 0.3) is 0 Å². The summed E-state index contributed by atoms with van der Waals surface area (Å²) < 4.78 is 6.00. The van der Waals surface area contributed by atoms with E-state index in [0.717, 1.165) is 4.47 Å². The normalized spacial score (nSPS) is 12.3. The van der Waals surface area contributed by atoms with E-state index in [2.05, 4.69) is 21.1 Å². The average molecular weight is 246 g/mol. The van der Waals surface area contributed by atoms with Crippen LogP contribution in [-0.2, 0) is 4.84 Å². The molecule has 3 nitrogen and oxygen atoms in total. The average Bonchev–Trinajstić information content (AvgIpc) is 2.33. The summed E-state index contributed by atoms with van der Waals surface area (Å²) in [5.74, 6) is 0.663. The molecule has 1 aromatic rings. The van der Waals surface area contributed by atoms with Crippen LogP contribution in [0, 0.1) is 0 Å². The maximum absolute atomic E-state index is 5.14. The van der Waals surface area contributed by atoms with Crippen LogP contribution in [-0.4, -0.2) is 11.8 Å². The molecule has 1 rings (SSSR count). The second-order valence-electron chi connectivity index (χ2n) is 3.61. The minimum atomic E-state index is -0.264. The SMILES string of the molecule is CC(C)(C)O/N=C/c1cc(Br)co1. The molecule has 0 N–H and O–H groups in total. The molecule has 0 bridgehead atoms. The van der Waals surface area contributed by atoms with Crippen LogP contribution in [0.3, 0.4) is 0 Å². The Bertz CT molecular complexity index is 299. The number of furan rings is 1. The van der Waals surface area contributed by atoms with Gasteiger partial charge in [-0.15, -0.1) is 0 Å². The van der Waals surface area contributed by atoms with Crippen LogP contribution in [0.1, 0.15) is 26.5 Å². The number of halogens is 1. The topological polar surface area (TPSA) is 34.7 Å². The van der Waals surface area contributed by atoms with Crippen molar-refractivity contribution in [2.24, 2.45) is 5.16 Å². The fourth-order valence-electron chi connectivity index (χ4n) is 0.632. The van der Waals surface area contributed by atoms with E-state index in [4.69, 9.17) is 9.25 Å². The van der Waals surface area contributed by atoms with E-state index in [1.54, 1.807) is 6.26 Å². The van der Waals surface area contributed by atoms with Gasteiger partial charge >= 0.3 is 0 Å². The zero-order valence-electron chi connectivity index (χ0n) is 7.87. The number of hydrogen-bond acceptors (Lipinski definition) is 3. The number of nitrogens with zero attached hydrogens (tertiary/aromatic N) is 1. The molecule has 0 saturated carbocycles. The van der Waals surface area contributed by atoms with Crippen molar-refractivity contribution in [3.05, 3.63) is 22.6 Å². The summed E-state index contributed by atoms with van der Waals surface area (Å²) in [7, 11) is 0. The van der Waals surface area contributed by atoms with Crippen LogP contribution in [0.25, 0.3) is 0 Å². The lowest BCUT2D eigenvalue weighted by Gasteiger charge is -2.14. The summed E-state index contributed by atoms with van der Waals surface area (Å²) in [6.07, 6.45) is 3.13. The summed E-state index contributed by atoms with van der Waals surface area (Å²) in [6, 6.07) is 1.82. The maximum Gasteiger partial charge on any atom is 0.149 e. The highest BCUT2D eigenvalue weighted by Gasteiger charge is 2.09. The van der Waals surface area contributed by atoms with Crippen molar-refractivity contribution < 1.29 is 9.25 Å². The fraction of sp³-hybridized carbons (Fsp3) is 0.444. The van der Waals surface area contributed by atoms with Crippen LogP contribution in [0.15, 0.2) is 26.4 Å². The molecule has 0 saturated heterocycles. The predicted octanol–water partition coefficient (Wildman–Crippen LogP) is 3.19. The van der Waals surface area contributed by atoms with Crippen LogP contribution >= 0.6 is 15.9 Å². The van der Waals surface area contributed by atoms with E-state index < -0.39 is 0 Å². The van der Waals surface area contributed by atoms with Gasteiger partial charge in [-0.25, -0.2) is 0 Å². The molecule has 0 unspecified atom stereocenters. The van der Waals surface area contributed by atoms with Crippen molar-refractivity contribution in [2.75, 3.05) is 0 Å². The molecular formula is C9H12BrNO2. The van der Waals surface area contributed by atoms with Gasteiger partial charge in [0.05, 0.1) is 4.47 Å². The molecule has 0 amide bonds. The van der Waals surface area contributed by atoms with Gasteiger partial charge in [0.15, 0.2) is 0 Å². The lowest BCUT2D eigenvalue weighted by Crippen LogP contribution is -2.15. The molecule has 0 aromatic carbocycles. The second kappa shape index (κ2) is 3.96. The van der Waals surface area contributed by atoms with Crippen LogP contribution in [0.5, 0.6) is 0 Å². The molecular weight excluding hydrogens is 234 g/mol. The lowest BCUT2D eigenvalue weighted by molar-refractivity contribution is 0.00184. The monoisotopic (exact) mass is 245 g/mol. The largest absolute Gasteiger partial charge is 0.462 e. The third-order valence-corrected chi connectivity index (χ3v) is 1.51. The van der Waals surface area contributed by atoms with Gasteiger partial charge in [-0.05, 0) is 42.8 Å². The minimum Gasteiger partial charge on any atom is -0.462 e. The van der Waals surface area contributed by atoms with E-state index in [9.17, 15) is 0 Å². The Morgan fingerprint density at radius 3 is 2.69 bits per heavy atom. The summed E-state index contributed by atoms with van der Waals surface area (Å²) in [6.45, 7) is 5.80. The molecule has 0 aliphatic carbocycles. The Kier molecular flexibility index (Phi) is 3.14. The van der Waals surface area contributed by atoms with E-state index in [1.165, 1.54) is 6.21 Å². The van der Waals surface area contributed by atoms with Gasteiger partial charge in [0.2, 0.25) is 0 Å². The van der Waals surface area contributed by atoms with E-state index in [-0.39, 0.29) is 5.60 Å². The highest BCUT2D eigenvalue weighted by atomic mass is 79.9. The molecule has 0 fully saturated rings. The summed E-state index contributed by atoms with van der Waals surface area (Å²) in [5, 5.41) is 3.79. The van der Waals surface area contributed by atoms with Crippen molar-refractivity contribution in [2.45, 2.75) is 26.4 Å². The van der Waals surface area contributed by atoms with E-state index in [0.29, 0.717) is 5.76 Å². The number of rotatable bonds is 2. The molecule has 1 heterocycles. The van der Waals surface area contributed by atoms with Crippen molar-refractivity contribution >= 4 is 22.1 Å². The Balaban J connectivity index is 2.50. The van der Waals surface area contributed by atoms with Gasteiger partial charge in [-0.1, -0.05) is 5.16 Å². The molecule has 0 atom stereocenters. The first-order valence-electron chi connectivity index (χ1n) is 3.93. The lowest BCUT2D eigenvalue weighted by atomic mass is 10.2. The third-order valence-electron chi connectivity index (χ3n) is 1.09. The van der Waals surface area contributed by atoms with Crippen molar-refractivity contribution in [1.29, 1.82) is 0 Å². The minimum absolute atomic E-state index is 0.264. The standard InChI is InChI=1S/C9H12BrNO2/c1-9(2,3)13-11-5-8-4-7(10)6-12-8/h4-6H,1-3H3/b11-5+. The smallest absolute Gasteiger partial charge is 0.149 e. The third kappa shape index (κ3) is 4.12. The zero-order chi connectivity index (χ0) is 9.90. The Labute approximate surface area is 85.9 Å². The predicted molar refractivity (Wildman–Crippen MR) is 54.8 cm³/mol. The second-order valence-corrected chi connectivity index (χ2v) is 4.52. The Hall–Kier alpha value is -0.770. The maximum atomic E-state index is 5.14. The Morgan fingerprint density at radius 1 is 1.54 bits per heavy atom. The van der Waals surface area contributed by atoms with E-state index in [1.807, 2.05) is 26.8 Å². The number of oxime groups is 1.